The number of nitrogens with zero attached hydrogens (tertiary/aromatic N) is 2. The highest BCUT2D eigenvalue weighted by Gasteiger charge is 2.18. The second kappa shape index (κ2) is 7.25. The summed E-state index contributed by atoms with van der Waals surface area (Å²) in [4.78, 5) is 12.2. The van der Waals surface area contributed by atoms with E-state index in [4.69, 9.17) is 15.6 Å². The molecular weight excluding hydrogens is 304 g/mol. The van der Waals surface area contributed by atoms with E-state index in [0.29, 0.717) is 23.4 Å². The minimum atomic E-state index is -0.472. The second-order valence-electron chi connectivity index (χ2n) is 4.91. The maximum Gasteiger partial charge on any atom is 0.338 e. The van der Waals surface area contributed by atoms with Gasteiger partial charge in [-0.05, 0) is 24.3 Å². The summed E-state index contributed by atoms with van der Waals surface area (Å²) in [7, 11) is 0. The number of hydrogen-bond acceptors (Lipinski definition) is 5. The first kappa shape index (κ1) is 15.5. The van der Waals surface area contributed by atoms with Crippen LogP contribution >= 0.6 is 0 Å². The Bertz CT molecular complexity index is 879. The zero-order valence-electron chi connectivity index (χ0n) is 12.8. The van der Waals surface area contributed by atoms with Gasteiger partial charge in [-0.15, -0.1) is 22.5 Å². The topological polar surface area (TPSA) is 65.2 Å². The molecule has 24 heavy (non-hydrogen) atoms. The van der Waals surface area contributed by atoms with Crippen LogP contribution in [0.2, 0.25) is 0 Å². The molecular formula is C19H14N2O3. The zero-order valence-corrected chi connectivity index (χ0v) is 12.8. The van der Waals surface area contributed by atoms with Crippen molar-refractivity contribution in [1.29, 1.82) is 0 Å². The molecule has 0 saturated carbocycles. The number of terminal acetylenes is 1. The highest BCUT2D eigenvalue weighted by molar-refractivity contribution is 5.96. The number of ether oxygens (including phenoxy) is 1. The van der Waals surface area contributed by atoms with E-state index in [1.807, 2.05) is 30.3 Å². The fraction of sp³-hybridized carbons (Fsp3) is 0.105. The van der Waals surface area contributed by atoms with Crippen LogP contribution in [0, 0.1) is 12.3 Å². The van der Waals surface area contributed by atoms with Crippen molar-refractivity contribution >= 4 is 5.97 Å². The molecule has 3 aromatic rings. The Morgan fingerprint density at radius 1 is 1.04 bits per heavy atom. The van der Waals surface area contributed by atoms with Gasteiger partial charge in [0.25, 0.3) is 0 Å². The van der Waals surface area contributed by atoms with Crippen LogP contribution in [-0.2, 0) is 4.74 Å². The molecule has 0 bridgehead atoms. The van der Waals surface area contributed by atoms with Crippen LogP contribution in [0.25, 0.3) is 22.9 Å². The van der Waals surface area contributed by atoms with Crippen LogP contribution in [0.5, 0.6) is 0 Å². The van der Waals surface area contributed by atoms with E-state index in [9.17, 15) is 4.79 Å². The van der Waals surface area contributed by atoms with E-state index in [-0.39, 0.29) is 12.5 Å². The Morgan fingerprint density at radius 3 is 2.54 bits per heavy atom. The summed E-state index contributed by atoms with van der Waals surface area (Å²) in [6, 6.07) is 16.3. The third-order valence-corrected chi connectivity index (χ3v) is 3.30. The molecule has 0 aliphatic carbocycles. The molecule has 1 heterocycles. The van der Waals surface area contributed by atoms with Crippen LogP contribution in [0.3, 0.4) is 0 Å². The summed E-state index contributed by atoms with van der Waals surface area (Å²) in [6.45, 7) is 0.169. The predicted octanol–water partition coefficient (Wildman–Crippen LogP) is 3.58. The molecule has 0 aliphatic rings. The smallest absolute Gasteiger partial charge is 0.338 e. The first-order chi connectivity index (χ1) is 11.8. The van der Waals surface area contributed by atoms with E-state index in [1.165, 1.54) is 0 Å². The van der Waals surface area contributed by atoms with Crippen molar-refractivity contribution in [3.63, 3.8) is 0 Å². The molecule has 0 saturated heterocycles. The number of benzene rings is 2. The highest BCUT2D eigenvalue weighted by Crippen LogP contribution is 2.26. The van der Waals surface area contributed by atoms with Crippen LogP contribution in [0.1, 0.15) is 16.8 Å². The van der Waals surface area contributed by atoms with Gasteiger partial charge in [-0.1, -0.05) is 30.3 Å². The van der Waals surface area contributed by atoms with Gasteiger partial charge < -0.3 is 9.15 Å². The molecule has 0 atom stereocenters. The number of hydrogen-bond donors (Lipinski definition) is 0. The van der Waals surface area contributed by atoms with Crippen molar-refractivity contribution in [1.82, 2.24) is 10.2 Å². The lowest BCUT2D eigenvalue weighted by molar-refractivity contribution is 0.0514. The third-order valence-electron chi connectivity index (χ3n) is 3.30. The van der Waals surface area contributed by atoms with Gasteiger partial charge in [-0.25, -0.2) is 4.79 Å². The molecule has 5 nitrogen and oxygen atoms in total. The lowest BCUT2D eigenvalue weighted by Crippen LogP contribution is -2.07. The van der Waals surface area contributed by atoms with E-state index in [0.717, 1.165) is 5.56 Å². The largest absolute Gasteiger partial charge is 0.461 e. The number of carbonyl (C=O) groups is 1. The Morgan fingerprint density at radius 2 is 1.75 bits per heavy atom. The van der Waals surface area contributed by atoms with Gasteiger partial charge in [0.1, 0.15) is 6.61 Å². The van der Waals surface area contributed by atoms with Crippen LogP contribution in [0.15, 0.2) is 59.0 Å². The van der Waals surface area contributed by atoms with Crippen molar-refractivity contribution in [2.45, 2.75) is 6.42 Å². The van der Waals surface area contributed by atoms with Crippen molar-refractivity contribution in [2.75, 3.05) is 6.61 Å². The standard InChI is InChI=1S/C19H14N2O3/c1-2-3-13-23-19(22)16-12-8-7-11-15(16)18-21-20-17(24-18)14-9-5-4-6-10-14/h1,4-12H,3,13H2. The SMILES string of the molecule is C#CCCOC(=O)c1ccccc1-c1nnc(-c2ccccc2)o1. The third kappa shape index (κ3) is 3.33. The summed E-state index contributed by atoms with van der Waals surface area (Å²) < 4.78 is 10.9. The average Bonchev–Trinajstić information content (AvgIpc) is 3.12. The Labute approximate surface area is 139 Å². The molecule has 3 rings (SSSR count). The zero-order chi connectivity index (χ0) is 16.8. The fourth-order valence-electron chi connectivity index (χ4n) is 2.16. The minimum Gasteiger partial charge on any atom is -0.461 e. The van der Waals surface area contributed by atoms with E-state index in [2.05, 4.69) is 16.1 Å². The van der Waals surface area contributed by atoms with Crippen molar-refractivity contribution < 1.29 is 13.9 Å². The molecule has 5 heteroatoms. The number of esters is 1. The number of aromatic nitrogens is 2. The number of rotatable bonds is 5. The second-order valence-corrected chi connectivity index (χ2v) is 4.91. The van der Waals surface area contributed by atoms with Gasteiger partial charge in [-0.2, -0.15) is 0 Å². The quantitative estimate of drug-likeness (QED) is 0.409. The average molecular weight is 318 g/mol. The summed E-state index contributed by atoms with van der Waals surface area (Å²) in [5, 5.41) is 8.09. The summed E-state index contributed by atoms with van der Waals surface area (Å²) >= 11 is 0. The monoisotopic (exact) mass is 318 g/mol. The van der Waals surface area contributed by atoms with Gasteiger partial charge in [0, 0.05) is 12.0 Å². The summed E-state index contributed by atoms with van der Waals surface area (Å²) in [5.41, 5.74) is 1.70. The van der Waals surface area contributed by atoms with Gasteiger partial charge in [-0.3, -0.25) is 0 Å². The molecule has 0 radical (unpaired) electrons. The molecule has 0 N–H and O–H groups in total. The number of carbonyl (C=O) groups excluding carboxylic acids is 1. The Kier molecular flexibility index (Phi) is 4.68. The fourth-order valence-corrected chi connectivity index (χ4v) is 2.16. The molecule has 0 aliphatic heterocycles. The van der Waals surface area contributed by atoms with Crippen LogP contribution in [0.4, 0.5) is 0 Å². The lowest BCUT2D eigenvalue weighted by Gasteiger charge is -2.06. The molecule has 0 fully saturated rings. The Hall–Kier alpha value is -3.39. The molecule has 118 valence electrons. The Balaban J connectivity index is 1.89. The molecule has 2 aromatic carbocycles. The first-order valence-corrected chi connectivity index (χ1v) is 7.38. The van der Waals surface area contributed by atoms with E-state index in [1.54, 1.807) is 24.3 Å². The minimum absolute atomic E-state index is 0.169. The summed E-state index contributed by atoms with van der Waals surface area (Å²) in [5.74, 6) is 2.60. The van der Waals surface area contributed by atoms with Gasteiger partial charge >= 0.3 is 5.97 Å². The predicted molar refractivity (Wildman–Crippen MR) is 88.9 cm³/mol. The van der Waals surface area contributed by atoms with Crippen LogP contribution < -0.4 is 0 Å². The molecule has 0 spiro atoms. The highest BCUT2D eigenvalue weighted by atomic mass is 16.5. The van der Waals surface area contributed by atoms with Crippen LogP contribution in [-0.4, -0.2) is 22.8 Å². The van der Waals surface area contributed by atoms with E-state index >= 15 is 0 Å². The summed E-state index contributed by atoms with van der Waals surface area (Å²) in [6.07, 6.45) is 5.53. The first-order valence-electron chi connectivity index (χ1n) is 7.38. The van der Waals surface area contributed by atoms with Gasteiger partial charge in [0.05, 0.1) is 11.1 Å². The molecule has 0 amide bonds. The molecule has 1 aromatic heterocycles. The maximum absolute atomic E-state index is 12.2. The maximum atomic E-state index is 12.2. The van der Waals surface area contributed by atoms with E-state index < -0.39 is 5.97 Å². The van der Waals surface area contributed by atoms with Gasteiger partial charge in [0.15, 0.2) is 0 Å². The van der Waals surface area contributed by atoms with Crippen molar-refractivity contribution in [3.8, 4) is 35.3 Å². The normalized spacial score (nSPS) is 10.1. The van der Waals surface area contributed by atoms with Crippen molar-refractivity contribution in [2.24, 2.45) is 0 Å². The lowest BCUT2D eigenvalue weighted by atomic mass is 10.1. The van der Waals surface area contributed by atoms with Gasteiger partial charge in [0.2, 0.25) is 11.8 Å². The molecule has 0 unspecified atom stereocenters. The van der Waals surface area contributed by atoms with Crippen molar-refractivity contribution in [3.05, 3.63) is 60.2 Å².